The fourth-order valence-corrected chi connectivity index (χ4v) is 2.76. The third-order valence-electron chi connectivity index (χ3n) is 4.28. The average molecular weight is 433 g/mol. The van der Waals surface area contributed by atoms with Crippen molar-refractivity contribution in [2.24, 2.45) is 4.99 Å². The zero-order valence-electron chi connectivity index (χ0n) is 16.0. The minimum Gasteiger partial charge on any atom is -0.506 e. The van der Waals surface area contributed by atoms with E-state index in [4.69, 9.17) is 4.74 Å². The number of aromatic hydroxyl groups is 1. The molecule has 0 aromatic heterocycles. The van der Waals surface area contributed by atoms with E-state index in [1.165, 1.54) is 19.1 Å². The highest BCUT2D eigenvalue weighted by Gasteiger charge is 2.25. The third kappa shape index (κ3) is 4.35. The molecular formula is C22H15F4NO4. The monoisotopic (exact) mass is 433 g/mol. The lowest BCUT2D eigenvalue weighted by Crippen LogP contribution is -2.12. The highest BCUT2D eigenvalue weighted by atomic mass is 19.2. The van der Waals surface area contributed by atoms with Crippen molar-refractivity contribution in [3.63, 3.8) is 0 Å². The summed E-state index contributed by atoms with van der Waals surface area (Å²) in [5.41, 5.74) is -1.88. The van der Waals surface area contributed by atoms with E-state index >= 15 is 0 Å². The van der Waals surface area contributed by atoms with E-state index in [2.05, 4.69) is 4.99 Å². The summed E-state index contributed by atoms with van der Waals surface area (Å²) in [5, 5.41) is 21.9. The molecular weight excluding hydrogens is 418 g/mol. The fraction of sp³-hybridized carbons (Fsp3) is 0.0909. The Morgan fingerprint density at radius 1 is 1.03 bits per heavy atom. The molecule has 0 aliphatic carbocycles. The Morgan fingerprint density at radius 2 is 1.68 bits per heavy atom. The van der Waals surface area contributed by atoms with Crippen molar-refractivity contribution in [1.82, 2.24) is 0 Å². The van der Waals surface area contributed by atoms with Crippen LogP contribution in [0, 0.1) is 23.3 Å². The number of phenols is 1. The van der Waals surface area contributed by atoms with Crippen molar-refractivity contribution in [3.8, 4) is 5.75 Å². The summed E-state index contributed by atoms with van der Waals surface area (Å²) in [4.78, 5) is 16.2. The molecule has 0 saturated carbocycles. The molecule has 0 amide bonds. The van der Waals surface area contributed by atoms with Gasteiger partial charge in [0.15, 0.2) is 23.3 Å². The molecule has 5 nitrogen and oxygen atoms in total. The van der Waals surface area contributed by atoms with Crippen molar-refractivity contribution < 1.29 is 37.3 Å². The first-order valence-electron chi connectivity index (χ1n) is 8.94. The Labute approximate surface area is 173 Å². The van der Waals surface area contributed by atoms with Gasteiger partial charge in [-0.25, -0.2) is 22.4 Å². The van der Waals surface area contributed by atoms with Gasteiger partial charge in [-0.3, -0.25) is 4.99 Å². The van der Waals surface area contributed by atoms with Crippen LogP contribution < -0.4 is 0 Å². The van der Waals surface area contributed by atoms with Crippen LogP contribution in [-0.2, 0) is 9.53 Å². The van der Waals surface area contributed by atoms with Gasteiger partial charge in [0.25, 0.3) is 0 Å². The van der Waals surface area contributed by atoms with Crippen LogP contribution in [0.2, 0.25) is 0 Å². The van der Waals surface area contributed by atoms with E-state index in [-0.39, 0.29) is 24.1 Å². The van der Waals surface area contributed by atoms with Crippen molar-refractivity contribution >= 4 is 34.4 Å². The first kappa shape index (κ1) is 21.8. The molecule has 0 spiro atoms. The summed E-state index contributed by atoms with van der Waals surface area (Å²) in [6, 6.07) is 10.1. The second-order valence-corrected chi connectivity index (χ2v) is 6.28. The minimum atomic E-state index is -2.16. The maximum atomic E-state index is 14.1. The molecule has 3 aromatic rings. The van der Waals surface area contributed by atoms with Crippen LogP contribution in [0.15, 0.2) is 53.0 Å². The maximum absolute atomic E-state index is 14.1. The first-order valence-corrected chi connectivity index (χ1v) is 8.94. The molecule has 31 heavy (non-hydrogen) atoms. The Morgan fingerprint density at radius 3 is 2.32 bits per heavy atom. The van der Waals surface area contributed by atoms with Crippen LogP contribution in [0.1, 0.15) is 12.5 Å². The lowest BCUT2D eigenvalue weighted by Gasteiger charge is -2.09. The molecule has 0 aliphatic heterocycles. The summed E-state index contributed by atoms with van der Waals surface area (Å²) in [7, 11) is 0. The number of fused-ring (bicyclic) bond motifs is 1. The molecule has 0 fully saturated rings. The quantitative estimate of drug-likeness (QED) is 0.108. The molecule has 3 rings (SSSR count). The van der Waals surface area contributed by atoms with Gasteiger partial charge in [0, 0.05) is 6.21 Å². The molecule has 0 saturated heterocycles. The van der Waals surface area contributed by atoms with E-state index < -0.39 is 46.1 Å². The average Bonchev–Trinajstić information content (AvgIpc) is 2.75. The normalized spacial score (nSPS) is 12.3. The SMILES string of the molecule is CCOC(=O)C(C=Nc1cc2ccccc2cc1O)=C(O)c1cc(F)c(F)c(F)c1F. The number of aliphatic imine (C=N–C) groups is 1. The number of aliphatic hydroxyl groups excluding tert-OH is 1. The smallest absolute Gasteiger partial charge is 0.343 e. The predicted molar refractivity (Wildman–Crippen MR) is 106 cm³/mol. The number of rotatable bonds is 5. The van der Waals surface area contributed by atoms with Gasteiger partial charge in [0.1, 0.15) is 22.8 Å². The lowest BCUT2D eigenvalue weighted by atomic mass is 10.1. The number of carbonyl (C=O) groups is 1. The molecule has 0 bridgehead atoms. The van der Waals surface area contributed by atoms with Crippen LogP contribution in [0.5, 0.6) is 5.75 Å². The lowest BCUT2D eigenvalue weighted by molar-refractivity contribution is -0.137. The zero-order valence-corrected chi connectivity index (χ0v) is 16.0. The van der Waals surface area contributed by atoms with Crippen LogP contribution in [0.3, 0.4) is 0 Å². The van der Waals surface area contributed by atoms with Gasteiger partial charge in [-0.2, -0.15) is 0 Å². The van der Waals surface area contributed by atoms with E-state index in [0.717, 1.165) is 6.21 Å². The zero-order chi connectivity index (χ0) is 22.7. The molecule has 9 heteroatoms. The predicted octanol–water partition coefficient (Wildman–Crippen LogP) is 5.34. The number of aliphatic hydroxyl groups is 1. The van der Waals surface area contributed by atoms with Gasteiger partial charge < -0.3 is 14.9 Å². The Hall–Kier alpha value is -3.88. The molecule has 0 radical (unpaired) electrons. The highest BCUT2D eigenvalue weighted by molar-refractivity contribution is 6.15. The van der Waals surface area contributed by atoms with Crippen molar-refractivity contribution in [2.45, 2.75) is 6.92 Å². The highest BCUT2D eigenvalue weighted by Crippen LogP contribution is 2.32. The first-order chi connectivity index (χ1) is 14.7. The molecule has 3 aromatic carbocycles. The number of ether oxygens (including phenoxy) is 1. The van der Waals surface area contributed by atoms with Crippen LogP contribution in [-0.4, -0.2) is 29.0 Å². The van der Waals surface area contributed by atoms with E-state index in [0.29, 0.717) is 10.8 Å². The largest absolute Gasteiger partial charge is 0.506 e. The van der Waals surface area contributed by atoms with E-state index in [1.54, 1.807) is 24.3 Å². The number of nitrogens with zero attached hydrogens (tertiary/aromatic N) is 1. The number of phenolic OH excluding ortho intramolecular Hbond substituents is 1. The Kier molecular flexibility index (Phi) is 6.24. The minimum absolute atomic E-state index is 0.00904. The van der Waals surface area contributed by atoms with Gasteiger partial charge in [-0.15, -0.1) is 0 Å². The second kappa shape index (κ2) is 8.86. The van der Waals surface area contributed by atoms with Crippen LogP contribution >= 0.6 is 0 Å². The Balaban J connectivity index is 2.15. The van der Waals surface area contributed by atoms with Crippen LogP contribution in [0.4, 0.5) is 23.2 Å². The molecule has 2 N–H and O–H groups in total. The van der Waals surface area contributed by atoms with Crippen LogP contribution in [0.25, 0.3) is 16.5 Å². The summed E-state index contributed by atoms with van der Waals surface area (Å²) in [6.45, 7) is 1.32. The number of hydrogen-bond acceptors (Lipinski definition) is 5. The Bertz CT molecular complexity index is 1240. The second-order valence-electron chi connectivity index (χ2n) is 6.28. The fourth-order valence-electron chi connectivity index (χ4n) is 2.76. The van der Waals surface area contributed by atoms with E-state index in [9.17, 15) is 32.6 Å². The van der Waals surface area contributed by atoms with Gasteiger partial charge in [0.05, 0.1) is 12.2 Å². The number of carbonyl (C=O) groups excluding carboxylic acids is 1. The van der Waals surface area contributed by atoms with Gasteiger partial charge in [-0.1, -0.05) is 24.3 Å². The van der Waals surface area contributed by atoms with Gasteiger partial charge >= 0.3 is 5.97 Å². The summed E-state index contributed by atoms with van der Waals surface area (Å²) in [5.74, 6) is -10.6. The third-order valence-corrected chi connectivity index (χ3v) is 4.28. The topological polar surface area (TPSA) is 79.1 Å². The molecule has 0 heterocycles. The maximum Gasteiger partial charge on any atom is 0.343 e. The van der Waals surface area contributed by atoms with E-state index in [1.807, 2.05) is 0 Å². The van der Waals surface area contributed by atoms with Crippen molar-refractivity contribution in [3.05, 3.63) is 76.9 Å². The summed E-state index contributed by atoms with van der Waals surface area (Å²) >= 11 is 0. The standard InChI is InChI=1S/C22H15F4NO4/c1-2-31-22(30)14(21(29)13-9-15(23)19(25)20(26)18(13)24)10-27-16-7-11-5-3-4-6-12(11)8-17(16)28/h3-10,28-29H,2H2,1H3. The number of halogens is 4. The molecule has 0 unspecified atom stereocenters. The molecule has 0 aliphatic rings. The molecule has 0 atom stereocenters. The molecule has 160 valence electrons. The number of hydrogen-bond donors (Lipinski definition) is 2. The van der Waals surface area contributed by atoms with Gasteiger partial charge in [-0.05, 0) is 35.9 Å². The number of esters is 1. The van der Waals surface area contributed by atoms with Gasteiger partial charge in [0.2, 0.25) is 0 Å². The van der Waals surface area contributed by atoms with Crippen molar-refractivity contribution in [1.29, 1.82) is 0 Å². The van der Waals surface area contributed by atoms with Crippen molar-refractivity contribution in [2.75, 3.05) is 6.61 Å². The summed E-state index contributed by atoms with van der Waals surface area (Å²) in [6.07, 6.45) is 0.746. The summed E-state index contributed by atoms with van der Waals surface area (Å²) < 4.78 is 59.2. The number of benzene rings is 3.